The molecular formula is C15H23NO. The molecule has 1 fully saturated rings. The van der Waals surface area contributed by atoms with Crippen LogP contribution in [0.25, 0.3) is 0 Å². The molecule has 0 saturated heterocycles. The van der Waals surface area contributed by atoms with Crippen molar-refractivity contribution in [2.24, 2.45) is 5.92 Å². The van der Waals surface area contributed by atoms with Crippen molar-refractivity contribution in [1.29, 1.82) is 0 Å². The Labute approximate surface area is 104 Å². The van der Waals surface area contributed by atoms with Gasteiger partial charge in [0.25, 0.3) is 0 Å². The molecule has 1 aliphatic carbocycles. The van der Waals surface area contributed by atoms with E-state index in [-0.39, 0.29) is 6.04 Å². The molecule has 1 saturated carbocycles. The van der Waals surface area contributed by atoms with Gasteiger partial charge in [-0.1, -0.05) is 24.1 Å². The summed E-state index contributed by atoms with van der Waals surface area (Å²) < 4.78 is 0. The molecule has 2 heteroatoms. The van der Waals surface area contributed by atoms with E-state index in [1.807, 2.05) is 6.07 Å². The predicted molar refractivity (Wildman–Crippen MR) is 71.2 cm³/mol. The van der Waals surface area contributed by atoms with Gasteiger partial charge in [-0.15, -0.1) is 0 Å². The summed E-state index contributed by atoms with van der Waals surface area (Å²) in [5.41, 5.74) is 2.21. The summed E-state index contributed by atoms with van der Waals surface area (Å²) in [6, 6.07) is 6.56. The number of aromatic hydroxyl groups is 1. The molecule has 1 aromatic carbocycles. The Morgan fingerprint density at radius 2 is 2.00 bits per heavy atom. The fraction of sp³-hybridized carbons (Fsp3) is 0.600. The normalized spacial score (nSPS) is 19.7. The molecule has 0 spiro atoms. The Balaban J connectivity index is 2.02. The smallest absolute Gasteiger partial charge is 0.120 e. The molecule has 0 heterocycles. The maximum absolute atomic E-state index is 9.89. The van der Waals surface area contributed by atoms with Crippen molar-refractivity contribution in [2.75, 3.05) is 0 Å². The van der Waals surface area contributed by atoms with Crippen molar-refractivity contribution in [2.45, 2.75) is 52.1 Å². The van der Waals surface area contributed by atoms with E-state index in [1.54, 1.807) is 6.07 Å². The highest BCUT2D eigenvalue weighted by Gasteiger charge is 2.25. The van der Waals surface area contributed by atoms with Crippen molar-refractivity contribution in [3.63, 3.8) is 0 Å². The van der Waals surface area contributed by atoms with Crippen LogP contribution in [0, 0.1) is 12.8 Å². The van der Waals surface area contributed by atoms with E-state index in [9.17, 15) is 5.11 Å². The van der Waals surface area contributed by atoms with Gasteiger partial charge in [0.15, 0.2) is 0 Å². The Hall–Kier alpha value is -1.02. The average Bonchev–Trinajstić information content (AvgIpc) is 2.18. The SMILES string of the molecule is Cc1ccc(O)c(C(C)NC(C)C2CCC2)c1. The molecule has 2 unspecified atom stereocenters. The minimum absolute atomic E-state index is 0.213. The Morgan fingerprint density at radius 3 is 2.59 bits per heavy atom. The van der Waals surface area contributed by atoms with Crippen molar-refractivity contribution in [3.05, 3.63) is 29.3 Å². The maximum Gasteiger partial charge on any atom is 0.120 e. The zero-order chi connectivity index (χ0) is 12.4. The number of rotatable bonds is 4. The van der Waals surface area contributed by atoms with Crippen LogP contribution in [0.15, 0.2) is 18.2 Å². The maximum atomic E-state index is 9.89. The Bertz CT molecular complexity index is 385. The first kappa shape index (κ1) is 12.4. The minimum atomic E-state index is 0.213. The summed E-state index contributed by atoms with van der Waals surface area (Å²) in [6.45, 7) is 6.45. The van der Waals surface area contributed by atoms with Gasteiger partial charge in [0.1, 0.15) is 5.75 Å². The van der Waals surface area contributed by atoms with Crippen molar-refractivity contribution in [3.8, 4) is 5.75 Å². The van der Waals surface area contributed by atoms with Crippen LogP contribution < -0.4 is 5.32 Å². The lowest BCUT2D eigenvalue weighted by molar-refractivity contribution is 0.229. The highest BCUT2D eigenvalue weighted by atomic mass is 16.3. The summed E-state index contributed by atoms with van der Waals surface area (Å²) in [4.78, 5) is 0. The molecule has 17 heavy (non-hydrogen) atoms. The fourth-order valence-electron chi connectivity index (χ4n) is 2.58. The van der Waals surface area contributed by atoms with Gasteiger partial charge < -0.3 is 10.4 Å². The topological polar surface area (TPSA) is 32.3 Å². The molecule has 1 aliphatic rings. The molecule has 2 atom stereocenters. The van der Waals surface area contributed by atoms with Gasteiger partial charge in [-0.3, -0.25) is 0 Å². The van der Waals surface area contributed by atoms with E-state index < -0.39 is 0 Å². The monoisotopic (exact) mass is 233 g/mol. The largest absolute Gasteiger partial charge is 0.508 e. The summed E-state index contributed by atoms with van der Waals surface area (Å²) >= 11 is 0. The third-order valence-corrected chi connectivity index (χ3v) is 4.02. The molecule has 0 bridgehead atoms. The number of hydrogen-bond acceptors (Lipinski definition) is 2. The first-order valence-electron chi connectivity index (χ1n) is 6.63. The predicted octanol–water partition coefficient (Wildman–Crippen LogP) is 3.54. The Morgan fingerprint density at radius 1 is 1.29 bits per heavy atom. The zero-order valence-electron chi connectivity index (χ0n) is 11.0. The molecule has 1 aromatic rings. The number of hydrogen-bond donors (Lipinski definition) is 2. The third kappa shape index (κ3) is 2.81. The van der Waals surface area contributed by atoms with E-state index in [0.717, 1.165) is 11.5 Å². The van der Waals surface area contributed by atoms with E-state index in [1.165, 1.54) is 24.8 Å². The second-order valence-corrected chi connectivity index (χ2v) is 5.43. The second-order valence-electron chi connectivity index (χ2n) is 5.43. The van der Waals surface area contributed by atoms with Crippen LogP contribution in [0.3, 0.4) is 0 Å². The van der Waals surface area contributed by atoms with E-state index in [4.69, 9.17) is 0 Å². The number of phenols is 1. The lowest BCUT2D eigenvalue weighted by atomic mass is 9.80. The van der Waals surface area contributed by atoms with Gasteiger partial charge in [0.2, 0.25) is 0 Å². The van der Waals surface area contributed by atoms with Crippen molar-refractivity contribution < 1.29 is 5.11 Å². The van der Waals surface area contributed by atoms with Gasteiger partial charge in [0.05, 0.1) is 0 Å². The van der Waals surface area contributed by atoms with Gasteiger partial charge in [-0.05, 0) is 45.6 Å². The van der Waals surface area contributed by atoms with Crippen LogP contribution in [-0.2, 0) is 0 Å². The highest BCUT2D eigenvalue weighted by Crippen LogP contribution is 2.32. The first-order valence-corrected chi connectivity index (χ1v) is 6.63. The summed E-state index contributed by atoms with van der Waals surface area (Å²) in [5.74, 6) is 1.22. The van der Waals surface area contributed by atoms with Crippen LogP contribution in [-0.4, -0.2) is 11.1 Å². The van der Waals surface area contributed by atoms with Crippen molar-refractivity contribution >= 4 is 0 Å². The number of aryl methyl sites for hydroxylation is 1. The first-order chi connectivity index (χ1) is 8.08. The fourth-order valence-corrected chi connectivity index (χ4v) is 2.58. The third-order valence-electron chi connectivity index (χ3n) is 4.02. The van der Waals surface area contributed by atoms with Crippen molar-refractivity contribution in [1.82, 2.24) is 5.32 Å². The van der Waals surface area contributed by atoms with Crippen LogP contribution in [0.1, 0.15) is 50.3 Å². The van der Waals surface area contributed by atoms with Crippen LogP contribution >= 0.6 is 0 Å². The van der Waals surface area contributed by atoms with Gasteiger partial charge in [-0.25, -0.2) is 0 Å². The lowest BCUT2D eigenvalue weighted by Gasteiger charge is -2.34. The molecule has 0 radical (unpaired) electrons. The number of phenolic OH excluding ortho intramolecular Hbond substituents is 1. The van der Waals surface area contributed by atoms with Gasteiger partial charge >= 0.3 is 0 Å². The number of benzene rings is 1. The molecule has 0 amide bonds. The molecule has 2 nitrogen and oxygen atoms in total. The standard InChI is InChI=1S/C15H23NO/c1-10-7-8-15(17)14(9-10)12(3)16-11(2)13-5-4-6-13/h7-9,11-13,16-17H,4-6H2,1-3H3. The van der Waals surface area contributed by atoms with Crippen LogP contribution in [0.5, 0.6) is 5.75 Å². The quantitative estimate of drug-likeness (QED) is 0.833. The number of nitrogens with one attached hydrogen (secondary N) is 1. The van der Waals surface area contributed by atoms with E-state index in [0.29, 0.717) is 11.8 Å². The minimum Gasteiger partial charge on any atom is -0.508 e. The Kier molecular flexibility index (Phi) is 3.72. The highest BCUT2D eigenvalue weighted by molar-refractivity contribution is 5.37. The van der Waals surface area contributed by atoms with Crippen LogP contribution in [0.2, 0.25) is 0 Å². The van der Waals surface area contributed by atoms with Gasteiger partial charge in [0, 0.05) is 17.6 Å². The molecular weight excluding hydrogens is 210 g/mol. The molecule has 94 valence electrons. The molecule has 0 aliphatic heterocycles. The van der Waals surface area contributed by atoms with Gasteiger partial charge in [-0.2, -0.15) is 0 Å². The average molecular weight is 233 g/mol. The summed E-state index contributed by atoms with van der Waals surface area (Å²) in [7, 11) is 0. The lowest BCUT2D eigenvalue weighted by Crippen LogP contribution is -2.38. The van der Waals surface area contributed by atoms with E-state index in [2.05, 4.69) is 32.2 Å². The van der Waals surface area contributed by atoms with Crippen LogP contribution in [0.4, 0.5) is 0 Å². The zero-order valence-corrected chi connectivity index (χ0v) is 11.0. The summed E-state index contributed by atoms with van der Waals surface area (Å²) in [6.07, 6.45) is 4.07. The van der Waals surface area contributed by atoms with E-state index >= 15 is 0 Å². The summed E-state index contributed by atoms with van der Waals surface area (Å²) in [5, 5.41) is 13.5. The molecule has 2 rings (SSSR count). The second kappa shape index (κ2) is 5.09. The molecule has 2 N–H and O–H groups in total. The molecule has 0 aromatic heterocycles.